The molecule has 176 valence electrons. The van der Waals surface area contributed by atoms with Crippen LogP contribution in [0.3, 0.4) is 0 Å². The first-order chi connectivity index (χ1) is 15.5. The van der Waals surface area contributed by atoms with Crippen molar-refractivity contribution in [3.05, 3.63) is 62.6 Å². The predicted molar refractivity (Wildman–Crippen MR) is 121 cm³/mol. The van der Waals surface area contributed by atoms with Crippen LogP contribution in [-0.2, 0) is 20.6 Å². The van der Waals surface area contributed by atoms with Crippen LogP contribution in [0, 0.1) is 0 Å². The average molecular weight is 457 g/mol. The van der Waals surface area contributed by atoms with Gasteiger partial charge in [-0.1, -0.05) is 12.1 Å². The van der Waals surface area contributed by atoms with Gasteiger partial charge in [-0.25, -0.2) is 9.78 Å². The number of hydrogen-bond acceptors (Lipinski definition) is 7. The van der Waals surface area contributed by atoms with Crippen molar-refractivity contribution < 1.29 is 15.0 Å². The van der Waals surface area contributed by atoms with Gasteiger partial charge >= 0.3 is 5.69 Å². The Morgan fingerprint density at radius 3 is 2.48 bits per heavy atom. The molecule has 3 atom stereocenters. The van der Waals surface area contributed by atoms with E-state index < -0.39 is 29.0 Å². The summed E-state index contributed by atoms with van der Waals surface area (Å²) < 4.78 is 3.74. The fraction of sp³-hybridized carbons (Fsp3) is 0.455. The van der Waals surface area contributed by atoms with Crippen LogP contribution in [0.1, 0.15) is 35.3 Å². The summed E-state index contributed by atoms with van der Waals surface area (Å²) >= 11 is 0. The Balaban J connectivity index is 1.81. The SMILES string of the molecule is Cn1c(=O)c2c(ncn2[C@H]2CN(C(=O)c3ccc(CN)cc3)C[C@H](O)C[C@]2(C)O)n(C)c1=O. The van der Waals surface area contributed by atoms with Crippen LogP contribution in [-0.4, -0.2) is 64.5 Å². The van der Waals surface area contributed by atoms with E-state index in [1.165, 1.54) is 34.5 Å². The van der Waals surface area contributed by atoms with Crippen molar-refractivity contribution in [2.45, 2.75) is 37.6 Å². The average Bonchev–Trinajstić information content (AvgIpc) is 3.17. The molecule has 2 aromatic heterocycles. The van der Waals surface area contributed by atoms with E-state index in [2.05, 4.69) is 4.98 Å². The van der Waals surface area contributed by atoms with E-state index in [9.17, 15) is 24.6 Å². The van der Waals surface area contributed by atoms with Crippen molar-refractivity contribution in [3.8, 4) is 0 Å². The summed E-state index contributed by atoms with van der Waals surface area (Å²) in [5.74, 6) is -0.315. The number of aryl methyl sites for hydroxylation is 1. The van der Waals surface area contributed by atoms with Crippen LogP contribution >= 0.6 is 0 Å². The summed E-state index contributed by atoms with van der Waals surface area (Å²) in [5, 5.41) is 21.9. The van der Waals surface area contributed by atoms with Crippen molar-refractivity contribution in [1.29, 1.82) is 0 Å². The molecule has 0 aliphatic carbocycles. The lowest BCUT2D eigenvalue weighted by Crippen LogP contribution is -2.44. The lowest BCUT2D eigenvalue weighted by atomic mass is 9.91. The van der Waals surface area contributed by atoms with Gasteiger partial charge in [-0.3, -0.25) is 18.7 Å². The van der Waals surface area contributed by atoms with Gasteiger partial charge in [-0.2, -0.15) is 0 Å². The van der Waals surface area contributed by atoms with Gasteiger partial charge in [-0.15, -0.1) is 0 Å². The first kappa shape index (κ1) is 22.9. The van der Waals surface area contributed by atoms with Crippen molar-refractivity contribution >= 4 is 17.1 Å². The van der Waals surface area contributed by atoms with Crippen LogP contribution in [0.2, 0.25) is 0 Å². The highest BCUT2D eigenvalue weighted by Gasteiger charge is 2.42. The topological polar surface area (TPSA) is 149 Å². The molecule has 11 heteroatoms. The number of aromatic nitrogens is 4. The fourth-order valence-corrected chi connectivity index (χ4v) is 4.53. The standard InChI is InChI=1S/C22H28N6O5/c1-22(33)8-15(29)10-27(19(30)14-6-4-13(9-23)5-7-14)11-16(22)28-12-24-18-17(28)20(31)26(3)21(32)25(18)2/h4-7,12,15-16,29,33H,8-11,23H2,1-3H3/t15-,16+,22+/m1/s1. The molecule has 4 N–H and O–H groups in total. The first-order valence-corrected chi connectivity index (χ1v) is 10.7. The monoisotopic (exact) mass is 456 g/mol. The molecule has 3 heterocycles. The number of amides is 1. The zero-order chi connectivity index (χ0) is 24.1. The highest BCUT2D eigenvalue weighted by molar-refractivity contribution is 5.94. The number of aliphatic hydroxyl groups is 2. The summed E-state index contributed by atoms with van der Waals surface area (Å²) in [4.78, 5) is 44.2. The van der Waals surface area contributed by atoms with Crippen molar-refractivity contribution in [2.24, 2.45) is 19.8 Å². The highest BCUT2D eigenvalue weighted by atomic mass is 16.3. The van der Waals surface area contributed by atoms with Gasteiger partial charge < -0.3 is 25.4 Å². The fourth-order valence-electron chi connectivity index (χ4n) is 4.53. The second-order valence-corrected chi connectivity index (χ2v) is 8.87. The van der Waals surface area contributed by atoms with Gasteiger partial charge in [0, 0.05) is 45.7 Å². The van der Waals surface area contributed by atoms with Crippen LogP contribution in [0.5, 0.6) is 0 Å². The molecule has 1 saturated heterocycles. The molecule has 0 unspecified atom stereocenters. The van der Waals surface area contributed by atoms with Gasteiger partial charge in [0.15, 0.2) is 11.2 Å². The third-order valence-electron chi connectivity index (χ3n) is 6.42. The number of nitrogens with two attached hydrogens (primary N) is 1. The molecular weight excluding hydrogens is 428 g/mol. The third-order valence-corrected chi connectivity index (χ3v) is 6.42. The Labute approximate surface area is 189 Å². The highest BCUT2D eigenvalue weighted by Crippen LogP contribution is 2.33. The van der Waals surface area contributed by atoms with Crippen LogP contribution in [0.25, 0.3) is 11.2 Å². The molecule has 0 spiro atoms. The van der Waals surface area contributed by atoms with E-state index in [0.29, 0.717) is 12.1 Å². The molecular formula is C22H28N6O5. The Bertz CT molecular complexity index is 1320. The van der Waals surface area contributed by atoms with E-state index in [4.69, 9.17) is 5.73 Å². The van der Waals surface area contributed by atoms with Crippen molar-refractivity contribution in [1.82, 2.24) is 23.6 Å². The number of imidazole rings is 1. The maximum Gasteiger partial charge on any atom is 0.332 e. The zero-order valence-electron chi connectivity index (χ0n) is 18.8. The number of carbonyl (C=O) groups excluding carboxylic acids is 1. The second-order valence-electron chi connectivity index (χ2n) is 8.87. The quantitative estimate of drug-likeness (QED) is 0.462. The smallest absolute Gasteiger partial charge is 0.332 e. The lowest BCUT2D eigenvalue weighted by Gasteiger charge is -2.34. The summed E-state index contributed by atoms with van der Waals surface area (Å²) in [6.45, 7) is 1.96. The van der Waals surface area contributed by atoms with Crippen LogP contribution in [0.4, 0.5) is 0 Å². The Morgan fingerprint density at radius 2 is 1.85 bits per heavy atom. The van der Waals surface area contributed by atoms with Gasteiger partial charge in [-0.05, 0) is 24.6 Å². The molecule has 11 nitrogen and oxygen atoms in total. The first-order valence-electron chi connectivity index (χ1n) is 10.7. The van der Waals surface area contributed by atoms with Gasteiger partial charge in [0.05, 0.1) is 24.1 Å². The number of rotatable bonds is 3. The molecule has 1 amide bonds. The maximum atomic E-state index is 13.3. The Morgan fingerprint density at radius 1 is 1.18 bits per heavy atom. The number of fused-ring (bicyclic) bond motifs is 1. The number of likely N-dealkylation sites (tertiary alicyclic amines) is 1. The molecule has 1 fully saturated rings. The van der Waals surface area contributed by atoms with Crippen LogP contribution in [0.15, 0.2) is 40.2 Å². The van der Waals surface area contributed by atoms with Gasteiger partial charge in [0.1, 0.15) is 0 Å². The zero-order valence-corrected chi connectivity index (χ0v) is 18.8. The minimum atomic E-state index is -1.47. The summed E-state index contributed by atoms with van der Waals surface area (Å²) in [7, 11) is 2.88. The number of benzene rings is 1. The molecule has 0 radical (unpaired) electrons. The number of hydrogen-bond donors (Lipinski definition) is 3. The minimum absolute atomic E-state index is 0.0146. The van der Waals surface area contributed by atoms with Crippen LogP contribution < -0.4 is 17.0 Å². The molecule has 4 rings (SSSR count). The normalized spacial score (nSPS) is 23.6. The van der Waals surface area contributed by atoms with E-state index in [0.717, 1.165) is 10.1 Å². The minimum Gasteiger partial charge on any atom is -0.391 e. The summed E-state index contributed by atoms with van der Waals surface area (Å²) in [5.41, 5.74) is 4.73. The van der Waals surface area contributed by atoms with Gasteiger partial charge in [0.2, 0.25) is 0 Å². The molecule has 33 heavy (non-hydrogen) atoms. The van der Waals surface area contributed by atoms with E-state index >= 15 is 0 Å². The largest absolute Gasteiger partial charge is 0.391 e. The maximum absolute atomic E-state index is 13.3. The third kappa shape index (κ3) is 3.88. The van der Waals surface area contributed by atoms with E-state index in [1.54, 1.807) is 31.2 Å². The predicted octanol–water partition coefficient (Wildman–Crippen LogP) is -0.908. The number of aliphatic hydroxyl groups excluding tert-OH is 1. The summed E-state index contributed by atoms with van der Waals surface area (Å²) in [6.07, 6.45) is 0.402. The lowest BCUT2D eigenvalue weighted by molar-refractivity contribution is -0.0216. The molecule has 1 aliphatic rings. The van der Waals surface area contributed by atoms with Crippen molar-refractivity contribution in [2.75, 3.05) is 13.1 Å². The molecule has 3 aromatic rings. The molecule has 0 bridgehead atoms. The Kier molecular flexibility index (Phi) is 5.72. The molecule has 1 aliphatic heterocycles. The Hall–Kier alpha value is -3.28. The molecule has 0 saturated carbocycles. The van der Waals surface area contributed by atoms with E-state index in [1.807, 2.05) is 0 Å². The second kappa shape index (κ2) is 8.25. The molecule has 1 aromatic carbocycles. The number of nitrogens with zero attached hydrogens (tertiary/aromatic N) is 5. The van der Waals surface area contributed by atoms with E-state index in [-0.39, 0.29) is 36.6 Å². The number of β-amino-alcohol motifs (C(OH)–C–C–N with tert-alkyl or cyclic N) is 1. The summed E-state index contributed by atoms with van der Waals surface area (Å²) in [6, 6.07) is 6.09. The van der Waals surface area contributed by atoms with Crippen molar-refractivity contribution in [3.63, 3.8) is 0 Å². The van der Waals surface area contributed by atoms with Gasteiger partial charge in [0.25, 0.3) is 11.5 Å². The number of carbonyl (C=O) groups is 1.